The summed E-state index contributed by atoms with van der Waals surface area (Å²) in [5, 5.41) is 6.88. The first-order valence-corrected chi connectivity index (χ1v) is 6.64. The lowest BCUT2D eigenvalue weighted by atomic mass is 10.3. The zero-order valence-corrected chi connectivity index (χ0v) is 11.4. The number of carbonyl (C=O) groups excluding carboxylic acids is 1. The molecule has 5 nitrogen and oxygen atoms in total. The largest absolute Gasteiger partial charge is 0.451 e. The highest BCUT2D eigenvalue weighted by Gasteiger charge is 2.19. The Bertz CT molecular complexity index is 534. The minimum absolute atomic E-state index is 0.335. The van der Waals surface area contributed by atoms with Crippen molar-refractivity contribution in [2.75, 3.05) is 0 Å². The Morgan fingerprint density at radius 1 is 1.61 bits per heavy atom. The topological polar surface area (TPSA) is 57.0 Å². The quantitative estimate of drug-likeness (QED) is 0.797. The summed E-state index contributed by atoms with van der Waals surface area (Å²) in [5.41, 5.74) is 1.30. The van der Waals surface area contributed by atoms with Crippen LogP contribution in [0.3, 0.4) is 0 Å². The molecule has 0 saturated heterocycles. The van der Waals surface area contributed by atoms with Crippen LogP contribution in [-0.4, -0.2) is 20.7 Å². The molecule has 0 radical (unpaired) electrons. The fraction of sp³-hybridized carbons (Fsp3) is 0.417. The summed E-state index contributed by atoms with van der Waals surface area (Å²) < 4.78 is 7.03. The average molecular weight is 265 g/mol. The van der Waals surface area contributed by atoms with Crippen LogP contribution >= 0.6 is 11.3 Å². The van der Waals surface area contributed by atoms with E-state index < -0.39 is 0 Å². The van der Waals surface area contributed by atoms with Crippen molar-refractivity contribution in [1.82, 2.24) is 14.8 Å². The first-order valence-electron chi connectivity index (χ1n) is 5.76. The van der Waals surface area contributed by atoms with Gasteiger partial charge in [-0.15, -0.1) is 11.3 Å². The molecule has 1 atom stereocenters. The highest BCUT2D eigenvalue weighted by molar-refractivity contribution is 7.09. The van der Waals surface area contributed by atoms with Gasteiger partial charge in [0, 0.05) is 18.1 Å². The molecule has 0 aromatic carbocycles. The third-order valence-electron chi connectivity index (χ3n) is 2.49. The van der Waals surface area contributed by atoms with E-state index in [2.05, 4.69) is 10.1 Å². The third kappa shape index (κ3) is 2.59. The van der Waals surface area contributed by atoms with Crippen molar-refractivity contribution >= 4 is 17.3 Å². The van der Waals surface area contributed by atoms with Crippen LogP contribution in [0.25, 0.3) is 0 Å². The number of rotatable bonds is 4. The summed E-state index contributed by atoms with van der Waals surface area (Å²) in [6.45, 7) is 6.25. The summed E-state index contributed by atoms with van der Waals surface area (Å²) in [6, 6.07) is 1.74. The Hall–Kier alpha value is -1.69. The third-order valence-corrected chi connectivity index (χ3v) is 3.43. The van der Waals surface area contributed by atoms with E-state index in [1.165, 1.54) is 11.3 Å². The summed E-state index contributed by atoms with van der Waals surface area (Å²) in [7, 11) is 0. The molecule has 0 bridgehead atoms. The van der Waals surface area contributed by atoms with Crippen molar-refractivity contribution in [3.05, 3.63) is 34.0 Å². The van der Waals surface area contributed by atoms with Crippen LogP contribution in [0.1, 0.15) is 41.1 Å². The second kappa shape index (κ2) is 5.30. The molecule has 6 heteroatoms. The minimum atomic E-state index is -0.361. The van der Waals surface area contributed by atoms with Gasteiger partial charge in [-0.25, -0.2) is 9.78 Å². The van der Waals surface area contributed by atoms with Gasteiger partial charge in [-0.05, 0) is 26.8 Å². The fourth-order valence-corrected chi connectivity index (χ4v) is 2.28. The van der Waals surface area contributed by atoms with E-state index in [0.29, 0.717) is 12.2 Å². The predicted molar refractivity (Wildman–Crippen MR) is 68.6 cm³/mol. The SMILES string of the molecule is CCn1nc(C)cc1C(=O)OC(C)c1nccs1. The molecule has 0 amide bonds. The number of ether oxygens (including phenoxy) is 1. The van der Waals surface area contributed by atoms with Gasteiger partial charge in [0.1, 0.15) is 10.7 Å². The molecule has 0 N–H and O–H groups in total. The standard InChI is InChI=1S/C12H15N3O2S/c1-4-15-10(7-8(2)14-15)12(16)17-9(3)11-13-5-6-18-11/h5-7,9H,4H2,1-3H3. The molecule has 1 unspecified atom stereocenters. The van der Waals surface area contributed by atoms with Gasteiger partial charge >= 0.3 is 5.97 Å². The van der Waals surface area contributed by atoms with Gasteiger partial charge in [-0.3, -0.25) is 4.68 Å². The molecule has 0 aliphatic heterocycles. The van der Waals surface area contributed by atoms with Crippen molar-refractivity contribution in [1.29, 1.82) is 0 Å². The molecule has 2 heterocycles. The van der Waals surface area contributed by atoms with Crippen molar-refractivity contribution in [3.63, 3.8) is 0 Å². The molecule has 0 aliphatic carbocycles. The van der Waals surface area contributed by atoms with Gasteiger partial charge in [-0.2, -0.15) is 5.10 Å². The van der Waals surface area contributed by atoms with E-state index in [1.54, 1.807) is 16.9 Å². The number of aromatic nitrogens is 3. The maximum atomic E-state index is 12.0. The molecule has 96 valence electrons. The lowest BCUT2D eigenvalue weighted by Crippen LogP contribution is -2.14. The minimum Gasteiger partial charge on any atom is -0.451 e. The van der Waals surface area contributed by atoms with Crippen molar-refractivity contribution < 1.29 is 9.53 Å². The normalized spacial score (nSPS) is 12.4. The van der Waals surface area contributed by atoms with E-state index in [4.69, 9.17) is 4.74 Å². The fourth-order valence-electron chi connectivity index (χ4n) is 1.66. The molecule has 2 aromatic rings. The number of hydrogen-bond acceptors (Lipinski definition) is 5. The molecule has 2 aromatic heterocycles. The summed E-state index contributed by atoms with van der Waals surface area (Å²) in [6.07, 6.45) is 1.36. The van der Waals surface area contributed by atoms with Crippen LogP contribution in [0.5, 0.6) is 0 Å². The maximum Gasteiger partial charge on any atom is 0.357 e. The Morgan fingerprint density at radius 2 is 2.39 bits per heavy atom. The molecule has 0 saturated carbocycles. The second-order valence-electron chi connectivity index (χ2n) is 3.90. The number of aryl methyl sites for hydroxylation is 2. The first kappa shape index (κ1) is 12.8. The van der Waals surface area contributed by atoms with Crippen LogP contribution in [0, 0.1) is 6.92 Å². The monoisotopic (exact) mass is 265 g/mol. The van der Waals surface area contributed by atoms with Crippen LogP contribution in [0.2, 0.25) is 0 Å². The second-order valence-corrected chi connectivity index (χ2v) is 4.83. The molecule has 2 rings (SSSR count). The summed E-state index contributed by atoms with van der Waals surface area (Å²) in [5.74, 6) is -0.361. The van der Waals surface area contributed by atoms with E-state index in [-0.39, 0.29) is 12.1 Å². The summed E-state index contributed by atoms with van der Waals surface area (Å²) >= 11 is 1.47. The average Bonchev–Trinajstić information content (AvgIpc) is 2.96. The lowest BCUT2D eigenvalue weighted by Gasteiger charge is -2.10. The molecular weight excluding hydrogens is 250 g/mol. The van der Waals surface area contributed by atoms with E-state index in [9.17, 15) is 4.79 Å². The smallest absolute Gasteiger partial charge is 0.357 e. The Balaban J connectivity index is 2.12. The number of nitrogens with zero attached hydrogens (tertiary/aromatic N) is 3. The number of esters is 1. The molecule has 0 aliphatic rings. The van der Waals surface area contributed by atoms with Crippen molar-refractivity contribution in [3.8, 4) is 0 Å². The highest BCUT2D eigenvalue weighted by Crippen LogP contribution is 2.20. The van der Waals surface area contributed by atoms with Crippen LogP contribution in [0.15, 0.2) is 17.6 Å². The maximum absolute atomic E-state index is 12.0. The number of hydrogen-bond donors (Lipinski definition) is 0. The van der Waals surface area contributed by atoms with Gasteiger partial charge < -0.3 is 4.74 Å². The lowest BCUT2D eigenvalue weighted by molar-refractivity contribution is 0.0323. The van der Waals surface area contributed by atoms with E-state index in [1.807, 2.05) is 26.2 Å². The van der Waals surface area contributed by atoms with Gasteiger partial charge in [-0.1, -0.05) is 0 Å². The van der Waals surface area contributed by atoms with Gasteiger partial charge in [0.25, 0.3) is 0 Å². The Kier molecular flexibility index (Phi) is 3.76. The van der Waals surface area contributed by atoms with E-state index in [0.717, 1.165) is 10.7 Å². The Morgan fingerprint density at radius 3 is 3.00 bits per heavy atom. The number of carbonyl (C=O) groups is 1. The molecule has 0 spiro atoms. The highest BCUT2D eigenvalue weighted by atomic mass is 32.1. The van der Waals surface area contributed by atoms with E-state index >= 15 is 0 Å². The number of thiazole rings is 1. The van der Waals surface area contributed by atoms with Gasteiger partial charge in [0.2, 0.25) is 0 Å². The molecule has 18 heavy (non-hydrogen) atoms. The van der Waals surface area contributed by atoms with Crippen LogP contribution in [0.4, 0.5) is 0 Å². The molecule has 0 fully saturated rings. The van der Waals surface area contributed by atoms with Gasteiger partial charge in [0.15, 0.2) is 6.10 Å². The zero-order valence-electron chi connectivity index (χ0n) is 10.6. The zero-order chi connectivity index (χ0) is 13.1. The molecular formula is C12H15N3O2S. The first-order chi connectivity index (χ1) is 8.61. The summed E-state index contributed by atoms with van der Waals surface area (Å²) in [4.78, 5) is 16.2. The Labute approximate surface area is 109 Å². The van der Waals surface area contributed by atoms with Crippen molar-refractivity contribution in [2.45, 2.75) is 33.4 Å². The van der Waals surface area contributed by atoms with Crippen LogP contribution < -0.4 is 0 Å². The van der Waals surface area contributed by atoms with Crippen LogP contribution in [-0.2, 0) is 11.3 Å². The predicted octanol–water partition coefficient (Wildman–Crippen LogP) is 2.59. The van der Waals surface area contributed by atoms with Gasteiger partial charge in [0.05, 0.1) is 5.69 Å². The van der Waals surface area contributed by atoms with Crippen molar-refractivity contribution in [2.24, 2.45) is 0 Å².